The number of carbonyl (C=O) groups is 1. The molecular formula is C36H41N5O3. The molecule has 4 aromatic rings. The molecule has 5 heterocycles. The maximum Gasteiger partial charge on any atom is 0.337 e. The first kappa shape index (κ1) is 27.5. The van der Waals surface area contributed by atoms with E-state index in [1.54, 1.807) is 6.07 Å². The van der Waals surface area contributed by atoms with E-state index < -0.39 is 5.97 Å². The van der Waals surface area contributed by atoms with E-state index in [1.165, 1.54) is 43.4 Å². The lowest BCUT2D eigenvalue weighted by Gasteiger charge is -2.62. The van der Waals surface area contributed by atoms with Gasteiger partial charge in [0.1, 0.15) is 11.3 Å². The largest absolute Gasteiger partial charge is 0.478 e. The zero-order valence-corrected chi connectivity index (χ0v) is 25.6. The number of aromatic carboxylic acids is 1. The van der Waals surface area contributed by atoms with Crippen LogP contribution in [0.4, 0.5) is 17.1 Å². The van der Waals surface area contributed by atoms with Gasteiger partial charge in [-0.05, 0) is 86.0 Å². The molecule has 8 rings (SSSR count). The van der Waals surface area contributed by atoms with Gasteiger partial charge < -0.3 is 24.6 Å². The Morgan fingerprint density at radius 1 is 1.05 bits per heavy atom. The van der Waals surface area contributed by atoms with Crippen molar-refractivity contribution in [3.63, 3.8) is 0 Å². The summed E-state index contributed by atoms with van der Waals surface area (Å²) in [6.45, 7) is 9.09. The Balaban J connectivity index is 1.01. The highest BCUT2D eigenvalue weighted by atomic mass is 16.5. The fourth-order valence-electron chi connectivity index (χ4n) is 8.42. The summed E-state index contributed by atoms with van der Waals surface area (Å²) < 4.78 is 6.01. The molecule has 1 atom stereocenters. The van der Waals surface area contributed by atoms with Gasteiger partial charge in [-0.25, -0.2) is 4.79 Å². The second-order valence-electron chi connectivity index (χ2n) is 13.7. The molecule has 1 spiro atoms. The molecule has 3 aliphatic heterocycles. The number of nitrogens with zero attached hydrogens (tertiary/aromatic N) is 4. The van der Waals surface area contributed by atoms with Crippen molar-refractivity contribution in [3.8, 4) is 5.88 Å². The van der Waals surface area contributed by atoms with Gasteiger partial charge in [0.05, 0.1) is 17.9 Å². The van der Waals surface area contributed by atoms with Crippen LogP contribution < -0.4 is 14.5 Å². The highest BCUT2D eigenvalue weighted by Gasteiger charge is 2.55. The van der Waals surface area contributed by atoms with Crippen molar-refractivity contribution < 1.29 is 14.6 Å². The standard InChI is InChI=1S/C36H41N5O3/c1-23(2)27-7-3-4-8-28(27)30-9-5-14-40(30)26-19-36(20-26)21-39(22-36)25-10-11-29(35(42)43)31(18-25)41-15-6-16-44-34-32(41)17-24-12-13-37-33(24)38-34/h3-4,7-8,10-13,17-18,23,26,30H,5-6,9,14-16,19-22H2,1-2H3,(H,37,38)(H,42,43)/t30-/m0/s1. The normalized spacial score (nSPS) is 21.7. The van der Waals surface area contributed by atoms with E-state index in [-0.39, 0.29) is 0 Å². The minimum Gasteiger partial charge on any atom is -0.478 e. The van der Waals surface area contributed by atoms with Crippen LogP contribution >= 0.6 is 0 Å². The average molecular weight is 592 g/mol. The first-order valence-corrected chi connectivity index (χ1v) is 16.2. The molecule has 8 nitrogen and oxygen atoms in total. The van der Waals surface area contributed by atoms with Crippen molar-refractivity contribution >= 4 is 34.1 Å². The number of benzene rings is 2. The van der Waals surface area contributed by atoms with E-state index in [9.17, 15) is 9.90 Å². The molecule has 2 N–H and O–H groups in total. The summed E-state index contributed by atoms with van der Waals surface area (Å²) in [5.41, 5.74) is 7.09. The topological polar surface area (TPSA) is 84.9 Å². The van der Waals surface area contributed by atoms with Crippen molar-refractivity contribution in [2.45, 2.75) is 64.0 Å². The third-order valence-corrected chi connectivity index (χ3v) is 10.5. The van der Waals surface area contributed by atoms with Gasteiger partial charge in [-0.3, -0.25) is 4.90 Å². The number of nitrogens with one attached hydrogen (secondary N) is 1. The summed E-state index contributed by atoms with van der Waals surface area (Å²) >= 11 is 0. The third kappa shape index (κ3) is 4.53. The van der Waals surface area contributed by atoms with Crippen LogP contribution in [0.15, 0.2) is 60.8 Å². The maximum absolute atomic E-state index is 12.4. The Hall–Kier alpha value is -4.04. The van der Waals surface area contributed by atoms with Crippen molar-refractivity contribution in [1.29, 1.82) is 0 Å². The second kappa shape index (κ2) is 10.5. The van der Waals surface area contributed by atoms with Crippen LogP contribution in [0.1, 0.15) is 79.4 Å². The minimum absolute atomic E-state index is 0.302. The van der Waals surface area contributed by atoms with Crippen LogP contribution in [0.3, 0.4) is 0 Å². The zero-order chi connectivity index (χ0) is 30.0. The second-order valence-corrected chi connectivity index (χ2v) is 13.7. The molecule has 0 radical (unpaired) electrons. The molecule has 4 aliphatic rings. The number of carboxylic acids is 1. The molecule has 2 aromatic carbocycles. The Bertz CT molecular complexity index is 1720. The number of carboxylic acid groups (broad SMARTS) is 1. The van der Waals surface area contributed by atoms with Crippen molar-refractivity contribution in [3.05, 3.63) is 77.5 Å². The fraction of sp³-hybridized carbons (Fsp3) is 0.444. The number of fused-ring (bicyclic) bond motifs is 2. The Morgan fingerprint density at radius 3 is 2.70 bits per heavy atom. The summed E-state index contributed by atoms with van der Waals surface area (Å²) in [6, 6.07) is 20.1. The van der Waals surface area contributed by atoms with E-state index >= 15 is 0 Å². The van der Waals surface area contributed by atoms with Crippen LogP contribution in [0.2, 0.25) is 0 Å². The molecule has 1 aliphatic carbocycles. The maximum atomic E-state index is 12.4. The Labute approximate surface area is 258 Å². The van der Waals surface area contributed by atoms with Crippen molar-refractivity contribution in [1.82, 2.24) is 14.9 Å². The lowest BCUT2D eigenvalue weighted by atomic mass is 9.60. The van der Waals surface area contributed by atoms with Gasteiger partial charge in [0, 0.05) is 54.4 Å². The quantitative estimate of drug-likeness (QED) is 0.247. The van der Waals surface area contributed by atoms with E-state index in [0.717, 1.165) is 41.9 Å². The molecule has 0 bridgehead atoms. The number of anilines is 3. The molecule has 2 aromatic heterocycles. The van der Waals surface area contributed by atoms with Crippen molar-refractivity contribution in [2.24, 2.45) is 5.41 Å². The fourth-order valence-corrected chi connectivity index (χ4v) is 8.42. The molecule has 1 saturated carbocycles. The summed E-state index contributed by atoms with van der Waals surface area (Å²) in [4.78, 5) is 27.6. The zero-order valence-electron chi connectivity index (χ0n) is 25.6. The summed E-state index contributed by atoms with van der Waals surface area (Å²) in [5.74, 6) is 0.161. The van der Waals surface area contributed by atoms with E-state index in [1.807, 2.05) is 18.3 Å². The van der Waals surface area contributed by atoms with Gasteiger partial charge in [0.15, 0.2) is 0 Å². The van der Waals surface area contributed by atoms with Gasteiger partial charge in [-0.15, -0.1) is 0 Å². The molecule has 3 fully saturated rings. The lowest BCUT2D eigenvalue weighted by molar-refractivity contribution is -0.0257. The number of likely N-dealkylation sites (tertiary alicyclic amines) is 1. The molecular weight excluding hydrogens is 550 g/mol. The van der Waals surface area contributed by atoms with Crippen LogP contribution in [-0.4, -0.2) is 64.8 Å². The van der Waals surface area contributed by atoms with Gasteiger partial charge in [-0.1, -0.05) is 38.1 Å². The molecule has 0 amide bonds. The van der Waals surface area contributed by atoms with E-state index in [2.05, 4.69) is 69.9 Å². The number of aromatic nitrogens is 2. The number of aromatic amines is 1. The lowest BCUT2D eigenvalue weighted by Crippen LogP contribution is -2.66. The number of H-pyrrole nitrogens is 1. The van der Waals surface area contributed by atoms with E-state index in [0.29, 0.717) is 53.7 Å². The monoisotopic (exact) mass is 591 g/mol. The summed E-state index contributed by atoms with van der Waals surface area (Å²) in [6.07, 6.45) is 7.68. The van der Waals surface area contributed by atoms with Gasteiger partial charge in [0.2, 0.25) is 5.88 Å². The van der Waals surface area contributed by atoms with Gasteiger partial charge in [-0.2, -0.15) is 4.98 Å². The number of hydrogen-bond acceptors (Lipinski definition) is 6. The predicted molar refractivity (Wildman–Crippen MR) is 173 cm³/mol. The number of rotatable bonds is 6. The van der Waals surface area contributed by atoms with Crippen LogP contribution in [0.25, 0.3) is 11.0 Å². The van der Waals surface area contributed by atoms with Crippen LogP contribution in [0.5, 0.6) is 5.88 Å². The summed E-state index contributed by atoms with van der Waals surface area (Å²) in [7, 11) is 0. The smallest absolute Gasteiger partial charge is 0.337 e. The van der Waals surface area contributed by atoms with Gasteiger partial charge in [0.25, 0.3) is 0 Å². The Kier molecular flexibility index (Phi) is 6.59. The molecule has 8 heteroatoms. The number of ether oxygens (including phenoxy) is 1. The molecule has 228 valence electrons. The molecule has 44 heavy (non-hydrogen) atoms. The van der Waals surface area contributed by atoms with Crippen LogP contribution in [0, 0.1) is 5.41 Å². The SMILES string of the molecule is CC(C)c1ccccc1[C@@H]1CCCN1C1CC2(C1)CN(c1ccc(C(=O)O)c(N3CCCOc4nc5[nH]ccc5cc43)c1)C2. The summed E-state index contributed by atoms with van der Waals surface area (Å²) in [5, 5.41) is 11.1. The van der Waals surface area contributed by atoms with Crippen molar-refractivity contribution in [2.75, 3.05) is 42.6 Å². The number of pyridine rings is 1. The van der Waals surface area contributed by atoms with Gasteiger partial charge >= 0.3 is 5.97 Å². The van der Waals surface area contributed by atoms with E-state index in [4.69, 9.17) is 9.72 Å². The highest BCUT2D eigenvalue weighted by molar-refractivity contribution is 5.97. The van der Waals surface area contributed by atoms with Crippen LogP contribution in [-0.2, 0) is 0 Å². The predicted octanol–water partition coefficient (Wildman–Crippen LogP) is 7.11. The Morgan fingerprint density at radius 2 is 1.89 bits per heavy atom. The number of hydrogen-bond donors (Lipinski definition) is 2. The molecule has 0 unspecified atom stereocenters. The first-order chi connectivity index (χ1) is 21.4. The average Bonchev–Trinajstić information content (AvgIpc) is 3.60. The minimum atomic E-state index is -0.921. The first-order valence-electron chi connectivity index (χ1n) is 16.2. The highest BCUT2D eigenvalue weighted by Crippen LogP contribution is 2.54. The molecule has 2 saturated heterocycles. The third-order valence-electron chi connectivity index (χ3n) is 10.5.